The lowest BCUT2D eigenvalue weighted by Gasteiger charge is -2.49. The summed E-state index contributed by atoms with van der Waals surface area (Å²) in [5, 5.41) is 7.59. The smallest absolute Gasteiger partial charge is 0.337 e. The van der Waals surface area contributed by atoms with Crippen LogP contribution in [0.3, 0.4) is 0 Å². The summed E-state index contributed by atoms with van der Waals surface area (Å²) in [5.41, 5.74) is 6.60. The molecule has 5 aromatic rings. The van der Waals surface area contributed by atoms with Gasteiger partial charge >= 0.3 is 5.97 Å². The first-order chi connectivity index (χ1) is 29.7. The predicted octanol–water partition coefficient (Wildman–Crippen LogP) is 7.44. The molecule has 14 heteroatoms. The molecular formula is C47H53F2N9O3. The number of nitrogens with zero attached hydrogens (tertiary/aromatic N) is 6. The number of esters is 1. The van der Waals surface area contributed by atoms with E-state index in [9.17, 15) is 13.6 Å². The number of carbonyl (C=O) groups is 1. The molecule has 3 N–H and O–H groups in total. The number of benzene rings is 3. The van der Waals surface area contributed by atoms with Crippen LogP contribution < -0.4 is 15.5 Å². The number of rotatable bonds is 11. The van der Waals surface area contributed by atoms with Crippen molar-refractivity contribution in [2.75, 3.05) is 75.0 Å². The second-order valence-electron chi connectivity index (χ2n) is 15.9. The van der Waals surface area contributed by atoms with Crippen LogP contribution in [-0.4, -0.2) is 101 Å². The van der Waals surface area contributed by atoms with Gasteiger partial charge in [0, 0.05) is 80.8 Å². The van der Waals surface area contributed by atoms with Gasteiger partial charge < -0.3 is 30.0 Å². The SMILES string of the molecule is C=CCNc1nc(NCC=C)nc(N2CCN(C(c3ccc(F)cc3)c3ccc(F)cc3)CC2)n1.COC(=O)C1=CO[C@@H](C)[C@H]2CN3CCc4c([nH]c5ccccc45)C3CC12. The first-order valence-electron chi connectivity index (χ1n) is 21.0. The highest BCUT2D eigenvalue weighted by molar-refractivity contribution is 5.89. The normalized spacial score (nSPS) is 21.1. The first kappa shape index (κ1) is 41.6. The molecule has 3 aromatic carbocycles. The summed E-state index contributed by atoms with van der Waals surface area (Å²) in [6.45, 7) is 15.5. The van der Waals surface area contributed by atoms with Crippen LogP contribution in [-0.2, 0) is 20.7 Å². The summed E-state index contributed by atoms with van der Waals surface area (Å²) in [7, 11) is 1.45. The Morgan fingerprint density at radius 1 is 0.902 bits per heavy atom. The largest absolute Gasteiger partial charge is 0.497 e. The molecule has 318 valence electrons. The number of halogens is 2. The third-order valence-corrected chi connectivity index (χ3v) is 12.3. The van der Waals surface area contributed by atoms with Gasteiger partial charge in [0.2, 0.25) is 17.8 Å². The van der Waals surface area contributed by atoms with Crippen molar-refractivity contribution in [2.45, 2.75) is 38.0 Å². The Morgan fingerprint density at radius 3 is 2.13 bits per heavy atom. The number of aromatic nitrogens is 4. The van der Waals surface area contributed by atoms with E-state index in [1.807, 2.05) is 0 Å². The van der Waals surface area contributed by atoms with Gasteiger partial charge in [0.15, 0.2) is 0 Å². The lowest BCUT2D eigenvalue weighted by molar-refractivity contribution is -0.139. The molecular weight excluding hydrogens is 777 g/mol. The Labute approximate surface area is 355 Å². The summed E-state index contributed by atoms with van der Waals surface area (Å²) in [6.07, 6.45) is 7.25. The van der Waals surface area contributed by atoms with E-state index in [0.29, 0.717) is 61.6 Å². The average Bonchev–Trinajstić information content (AvgIpc) is 3.68. The number of carbonyl (C=O) groups excluding carboxylic acids is 1. The molecule has 6 heterocycles. The molecule has 0 radical (unpaired) electrons. The van der Waals surface area contributed by atoms with Crippen LogP contribution in [0.25, 0.3) is 10.9 Å². The summed E-state index contributed by atoms with van der Waals surface area (Å²) in [6, 6.07) is 21.8. The van der Waals surface area contributed by atoms with Crippen molar-refractivity contribution in [3.05, 3.63) is 144 Å². The molecule has 2 saturated heterocycles. The third kappa shape index (κ3) is 9.01. The van der Waals surface area contributed by atoms with E-state index in [-0.39, 0.29) is 35.7 Å². The van der Waals surface area contributed by atoms with Crippen molar-refractivity contribution in [3.8, 4) is 0 Å². The molecule has 2 unspecified atom stereocenters. The van der Waals surface area contributed by atoms with Crippen molar-refractivity contribution < 1.29 is 23.0 Å². The van der Waals surface area contributed by atoms with E-state index < -0.39 is 0 Å². The van der Waals surface area contributed by atoms with E-state index in [2.05, 4.69) is 89.6 Å². The number of ether oxygens (including phenoxy) is 2. The third-order valence-electron chi connectivity index (χ3n) is 12.3. The summed E-state index contributed by atoms with van der Waals surface area (Å²) in [5.74, 6) is 1.21. The molecule has 61 heavy (non-hydrogen) atoms. The zero-order valence-corrected chi connectivity index (χ0v) is 34.7. The van der Waals surface area contributed by atoms with Gasteiger partial charge in [0.05, 0.1) is 37.1 Å². The molecule has 0 spiro atoms. The Hall–Kier alpha value is -6.12. The topological polar surface area (TPSA) is 124 Å². The molecule has 4 aliphatic rings. The predicted molar refractivity (Wildman–Crippen MR) is 234 cm³/mol. The van der Waals surface area contributed by atoms with Gasteiger partial charge in [0.1, 0.15) is 11.6 Å². The number of aromatic amines is 1. The number of piperidine rings is 1. The standard InChI is InChI=1S/C26H29F2N7.C21H24N2O3/c1-3-13-29-24-31-25(30-14-4-2)33-26(32-24)35-17-15-34(16-18-35)23(19-5-9-21(27)10-6-19)20-7-11-22(28)12-8-20;1-12-16-10-23-8-7-14-13-5-3-4-6-18(13)22-20(14)19(23)9-15(16)17(11-26-12)21(24)25-2/h3-12,23H,1-2,13-18H2,(H2,29,30,31,32,33);3-6,11-12,15-16,19,22H,7-10H2,1-2H3/t;12-,15?,16+,19?/m.0/s1. The van der Waals surface area contributed by atoms with Gasteiger partial charge in [-0.2, -0.15) is 15.0 Å². The van der Waals surface area contributed by atoms with Gasteiger partial charge in [-0.3, -0.25) is 9.80 Å². The monoisotopic (exact) mass is 829 g/mol. The molecule has 0 aliphatic carbocycles. The molecule has 0 saturated carbocycles. The molecule has 9 rings (SSSR count). The fourth-order valence-corrected chi connectivity index (χ4v) is 9.26. The second kappa shape index (κ2) is 18.7. The van der Waals surface area contributed by atoms with Crippen LogP contribution in [0.15, 0.2) is 110 Å². The van der Waals surface area contributed by atoms with Crippen LogP contribution in [0.2, 0.25) is 0 Å². The Bertz CT molecular complexity index is 2290. The van der Waals surface area contributed by atoms with Crippen LogP contribution in [0.4, 0.5) is 26.6 Å². The number of methoxy groups -OCH3 is 1. The van der Waals surface area contributed by atoms with Crippen molar-refractivity contribution >= 4 is 34.7 Å². The number of hydrogen-bond donors (Lipinski definition) is 3. The fourth-order valence-electron chi connectivity index (χ4n) is 9.26. The molecule has 2 aromatic heterocycles. The Morgan fingerprint density at radius 2 is 1.52 bits per heavy atom. The Kier molecular flexibility index (Phi) is 12.7. The molecule has 4 atom stereocenters. The van der Waals surface area contributed by atoms with Crippen molar-refractivity contribution in [1.82, 2.24) is 29.7 Å². The molecule has 12 nitrogen and oxygen atoms in total. The first-order valence-corrected chi connectivity index (χ1v) is 21.0. The van der Waals surface area contributed by atoms with Gasteiger partial charge in [0.25, 0.3) is 0 Å². The Balaban J connectivity index is 0.000000175. The van der Waals surface area contributed by atoms with E-state index in [1.54, 1.807) is 42.7 Å². The summed E-state index contributed by atoms with van der Waals surface area (Å²) >= 11 is 0. The lowest BCUT2D eigenvalue weighted by Crippen LogP contribution is -2.51. The van der Waals surface area contributed by atoms with Gasteiger partial charge in [-0.05, 0) is 66.8 Å². The highest BCUT2D eigenvalue weighted by Crippen LogP contribution is 2.47. The van der Waals surface area contributed by atoms with E-state index >= 15 is 0 Å². The zero-order chi connectivity index (χ0) is 42.5. The quantitative estimate of drug-likeness (QED) is 0.0910. The van der Waals surface area contributed by atoms with E-state index in [1.165, 1.54) is 53.5 Å². The number of nitrogens with one attached hydrogen (secondary N) is 3. The molecule has 4 aliphatic heterocycles. The fraction of sp³-hybridized carbons (Fsp3) is 0.362. The average molecular weight is 830 g/mol. The number of fused-ring (bicyclic) bond motifs is 6. The lowest BCUT2D eigenvalue weighted by atomic mass is 9.72. The number of para-hydroxylation sites is 1. The highest BCUT2D eigenvalue weighted by Gasteiger charge is 2.47. The maximum absolute atomic E-state index is 13.6. The summed E-state index contributed by atoms with van der Waals surface area (Å²) < 4.78 is 38.0. The number of H-pyrrole nitrogens is 1. The maximum Gasteiger partial charge on any atom is 0.337 e. The van der Waals surface area contributed by atoms with E-state index in [0.717, 1.165) is 50.1 Å². The minimum Gasteiger partial charge on any atom is -0.497 e. The van der Waals surface area contributed by atoms with E-state index in [4.69, 9.17) is 9.47 Å². The van der Waals surface area contributed by atoms with Crippen LogP contribution >= 0.6 is 0 Å². The van der Waals surface area contributed by atoms with Crippen molar-refractivity contribution in [1.29, 1.82) is 0 Å². The van der Waals surface area contributed by atoms with Crippen LogP contribution in [0, 0.1) is 23.5 Å². The number of piperazine rings is 1. The van der Waals surface area contributed by atoms with Crippen LogP contribution in [0.1, 0.15) is 47.8 Å². The zero-order valence-electron chi connectivity index (χ0n) is 34.7. The molecule has 2 fully saturated rings. The maximum atomic E-state index is 13.6. The van der Waals surface area contributed by atoms with Crippen LogP contribution in [0.5, 0.6) is 0 Å². The minimum atomic E-state index is -0.284. The highest BCUT2D eigenvalue weighted by atomic mass is 19.1. The van der Waals surface area contributed by atoms with Crippen molar-refractivity contribution in [2.24, 2.45) is 11.8 Å². The van der Waals surface area contributed by atoms with Gasteiger partial charge in [-0.1, -0.05) is 54.6 Å². The summed E-state index contributed by atoms with van der Waals surface area (Å²) in [4.78, 5) is 36.5. The van der Waals surface area contributed by atoms with Crippen molar-refractivity contribution in [3.63, 3.8) is 0 Å². The molecule has 0 bridgehead atoms. The second-order valence-corrected chi connectivity index (χ2v) is 15.9. The number of hydrogen-bond acceptors (Lipinski definition) is 11. The van der Waals surface area contributed by atoms with Gasteiger partial charge in [-0.25, -0.2) is 13.6 Å². The minimum absolute atomic E-state index is 0.119. The molecule has 0 amide bonds. The number of anilines is 3. The van der Waals surface area contributed by atoms with Gasteiger partial charge in [-0.15, -0.1) is 13.2 Å².